The van der Waals surface area contributed by atoms with Crippen molar-refractivity contribution in [3.05, 3.63) is 29.6 Å². The number of hydrogen-bond donors (Lipinski definition) is 2. The largest absolute Gasteiger partial charge is 0.505 e. The minimum atomic E-state index is -3.31. The molecule has 0 bridgehead atoms. The Hall–Kier alpha value is -1.96. The molecule has 134 valence electrons. The van der Waals surface area contributed by atoms with E-state index in [1.165, 1.54) is 12.1 Å². The number of phenolic OH excluding ortho intramolecular Hbond substituents is 1. The smallest absolute Gasteiger partial charge is 0.410 e. The molecule has 1 aliphatic rings. The van der Waals surface area contributed by atoms with Gasteiger partial charge in [-0.05, 0) is 38.8 Å². The van der Waals surface area contributed by atoms with E-state index in [0.29, 0.717) is 0 Å². The molecule has 1 fully saturated rings. The van der Waals surface area contributed by atoms with Crippen molar-refractivity contribution in [3.63, 3.8) is 0 Å². The van der Waals surface area contributed by atoms with E-state index >= 15 is 0 Å². The van der Waals surface area contributed by atoms with E-state index in [9.17, 15) is 23.1 Å². The molecule has 1 aromatic rings. The van der Waals surface area contributed by atoms with Crippen LogP contribution in [0.5, 0.6) is 5.75 Å². The summed E-state index contributed by atoms with van der Waals surface area (Å²) < 4.78 is 47.1. The van der Waals surface area contributed by atoms with Crippen molar-refractivity contribution in [3.8, 4) is 5.75 Å². The van der Waals surface area contributed by atoms with Gasteiger partial charge in [-0.1, -0.05) is 12.1 Å². The minimum absolute atomic E-state index is 0.00158. The number of alkyl halides is 2. The molecule has 0 radical (unpaired) electrons. The average Bonchev–Trinajstić information content (AvgIpc) is 2.66. The summed E-state index contributed by atoms with van der Waals surface area (Å²) in [5.41, 5.74) is 4.74. The van der Waals surface area contributed by atoms with E-state index in [1.807, 2.05) is 0 Å². The molecule has 1 saturated heterocycles. The van der Waals surface area contributed by atoms with Crippen molar-refractivity contribution in [1.82, 2.24) is 4.90 Å². The van der Waals surface area contributed by atoms with Gasteiger partial charge in [-0.2, -0.15) is 0 Å². The molecule has 0 saturated carbocycles. The summed E-state index contributed by atoms with van der Waals surface area (Å²) in [6.45, 7) is 3.95. The fraction of sp³-hybridized carbons (Fsp3) is 0.562. The van der Waals surface area contributed by atoms with Crippen LogP contribution < -0.4 is 5.73 Å². The van der Waals surface area contributed by atoms with Crippen LogP contribution in [0.2, 0.25) is 0 Å². The highest BCUT2D eigenvalue weighted by Crippen LogP contribution is 2.35. The summed E-state index contributed by atoms with van der Waals surface area (Å²) in [5.74, 6) is -4.81. The van der Waals surface area contributed by atoms with E-state index in [2.05, 4.69) is 0 Å². The van der Waals surface area contributed by atoms with Crippen molar-refractivity contribution >= 4 is 6.09 Å². The third-order valence-electron chi connectivity index (χ3n) is 3.80. The number of likely N-dealkylation sites (tertiary alicyclic amines) is 1. The molecule has 1 heterocycles. The molecule has 0 aromatic heterocycles. The number of carbonyl (C=O) groups is 1. The quantitative estimate of drug-likeness (QED) is 0.863. The molecule has 2 rings (SSSR count). The molecule has 1 aromatic carbocycles. The molecule has 8 heteroatoms. The third-order valence-corrected chi connectivity index (χ3v) is 3.80. The zero-order chi connectivity index (χ0) is 18.3. The van der Waals surface area contributed by atoms with Gasteiger partial charge >= 0.3 is 6.09 Å². The Balaban J connectivity index is 2.29. The Morgan fingerprint density at radius 3 is 2.67 bits per heavy atom. The zero-order valence-corrected chi connectivity index (χ0v) is 13.7. The molecule has 3 N–H and O–H groups in total. The Morgan fingerprint density at radius 2 is 2.08 bits per heavy atom. The number of nitrogens with two attached hydrogens (primary N) is 1. The number of carbonyl (C=O) groups excluding carboxylic acids is 1. The van der Waals surface area contributed by atoms with E-state index in [0.717, 1.165) is 11.0 Å². The minimum Gasteiger partial charge on any atom is -0.505 e. The summed E-state index contributed by atoms with van der Waals surface area (Å²) in [6, 6.07) is 1.08. The van der Waals surface area contributed by atoms with Gasteiger partial charge in [-0.3, -0.25) is 4.90 Å². The number of halogens is 3. The Bertz CT molecular complexity index is 631. The number of phenols is 1. The predicted octanol–water partition coefficient (Wildman–Crippen LogP) is 2.66. The maximum Gasteiger partial charge on any atom is 0.410 e. The van der Waals surface area contributed by atoms with Crippen LogP contribution in [-0.4, -0.2) is 46.3 Å². The molecular formula is C16H21F3N2O3. The van der Waals surface area contributed by atoms with E-state index < -0.39 is 47.8 Å². The van der Waals surface area contributed by atoms with Gasteiger partial charge in [-0.15, -0.1) is 0 Å². The van der Waals surface area contributed by atoms with Gasteiger partial charge in [0.1, 0.15) is 5.60 Å². The van der Waals surface area contributed by atoms with Crippen LogP contribution in [0, 0.1) is 5.82 Å². The fourth-order valence-electron chi connectivity index (χ4n) is 2.63. The topological polar surface area (TPSA) is 75.8 Å². The second-order valence-electron chi connectivity index (χ2n) is 6.92. The zero-order valence-electron chi connectivity index (χ0n) is 13.7. The lowest BCUT2D eigenvalue weighted by molar-refractivity contribution is -0.00942. The Morgan fingerprint density at radius 1 is 1.46 bits per heavy atom. The number of amides is 1. The monoisotopic (exact) mass is 346 g/mol. The van der Waals surface area contributed by atoms with Gasteiger partial charge in [0.05, 0.1) is 18.6 Å². The summed E-state index contributed by atoms with van der Waals surface area (Å²) in [5, 5.41) is 9.41. The van der Waals surface area contributed by atoms with Crippen molar-refractivity contribution in [2.75, 3.05) is 6.54 Å². The highest BCUT2D eigenvalue weighted by Gasteiger charge is 2.55. The standard InChI is InChI=1S/C16H21F3N2O3/c1-15(2,3)24-14(23)21-8-16(18,19)13(20)10(21)7-9-5-4-6-11(22)12(9)17/h4-6,10,13,22H,7-8,20H2,1-3H3/t10-,13+/m0/s1. The fourth-order valence-corrected chi connectivity index (χ4v) is 2.63. The lowest BCUT2D eigenvalue weighted by atomic mass is 9.99. The molecule has 5 nitrogen and oxygen atoms in total. The maximum atomic E-state index is 14.0. The van der Waals surface area contributed by atoms with Gasteiger partial charge in [0.2, 0.25) is 0 Å². The van der Waals surface area contributed by atoms with Crippen LogP contribution in [-0.2, 0) is 11.2 Å². The average molecular weight is 346 g/mol. The van der Waals surface area contributed by atoms with E-state index in [4.69, 9.17) is 10.5 Å². The summed E-state index contributed by atoms with van der Waals surface area (Å²) >= 11 is 0. The van der Waals surface area contributed by atoms with Crippen molar-refractivity contribution in [2.45, 2.75) is 50.8 Å². The molecule has 0 spiro atoms. The normalized spacial score (nSPS) is 23.4. The van der Waals surface area contributed by atoms with Crippen LogP contribution in [0.15, 0.2) is 18.2 Å². The van der Waals surface area contributed by atoms with Gasteiger partial charge in [0, 0.05) is 0 Å². The SMILES string of the molecule is CC(C)(C)OC(=O)N1CC(F)(F)[C@H](N)[C@@H]1Cc1cccc(O)c1F. The second-order valence-corrected chi connectivity index (χ2v) is 6.92. The summed E-state index contributed by atoms with van der Waals surface area (Å²) in [6.07, 6.45) is -1.18. The van der Waals surface area contributed by atoms with Crippen molar-refractivity contribution in [2.24, 2.45) is 5.73 Å². The van der Waals surface area contributed by atoms with Gasteiger partial charge < -0.3 is 15.6 Å². The highest BCUT2D eigenvalue weighted by molar-refractivity contribution is 5.69. The lowest BCUT2D eigenvalue weighted by Crippen LogP contribution is -2.48. The first-order chi connectivity index (χ1) is 10.9. The molecule has 24 heavy (non-hydrogen) atoms. The molecule has 2 atom stereocenters. The Kier molecular flexibility index (Phi) is 4.72. The Labute approximate surface area is 138 Å². The number of aromatic hydroxyl groups is 1. The van der Waals surface area contributed by atoms with Gasteiger partial charge in [0.15, 0.2) is 11.6 Å². The number of nitrogens with zero attached hydrogens (tertiary/aromatic N) is 1. The lowest BCUT2D eigenvalue weighted by Gasteiger charge is -2.29. The first-order valence-electron chi connectivity index (χ1n) is 7.52. The number of hydrogen-bond acceptors (Lipinski definition) is 4. The molecule has 0 aliphatic carbocycles. The molecule has 0 unspecified atom stereocenters. The summed E-state index contributed by atoms with van der Waals surface area (Å²) in [4.78, 5) is 13.1. The third kappa shape index (κ3) is 3.75. The van der Waals surface area contributed by atoms with E-state index in [1.54, 1.807) is 20.8 Å². The van der Waals surface area contributed by atoms with Crippen molar-refractivity contribution < 1.29 is 27.8 Å². The van der Waals surface area contributed by atoms with Gasteiger partial charge in [-0.25, -0.2) is 18.0 Å². The summed E-state index contributed by atoms with van der Waals surface area (Å²) in [7, 11) is 0. The van der Waals surface area contributed by atoms with Crippen LogP contribution in [0.3, 0.4) is 0 Å². The van der Waals surface area contributed by atoms with Crippen molar-refractivity contribution in [1.29, 1.82) is 0 Å². The first kappa shape index (κ1) is 18.4. The number of ether oxygens (including phenoxy) is 1. The van der Waals surface area contributed by atoms with Crippen LogP contribution in [0.1, 0.15) is 26.3 Å². The molecule has 1 amide bonds. The maximum absolute atomic E-state index is 14.0. The van der Waals surface area contributed by atoms with E-state index in [-0.39, 0.29) is 12.0 Å². The van der Waals surface area contributed by atoms with Crippen LogP contribution in [0.25, 0.3) is 0 Å². The number of rotatable bonds is 2. The molecular weight excluding hydrogens is 325 g/mol. The number of benzene rings is 1. The van der Waals surface area contributed by atoms with Crippen LogP contribution >= 0.6 is 0 Å². The molecule has 1 aliphatic heterocycles. The predicted molar refractivity (Wildman–Crippen MR) is 81.4 cm³/mol. The van der Waals surface area contributed by atoms with Crippen LogP contribution in [0.4, 0.5) is 18.0 Å². The first-order valence-corrected chi connectivity index (χ1v) is 7.52. The highest BCUT2D eigenvalue weighted by atomic mass is 19.3. The van der Waals surface area contributed by atoms with Gasteiger partial charge in [0.25, 0.3) is 5.92 Å². The second kappa shape index (κ2) is 6.16.